The van der Waals surface area contributed by atoms with E-state index in [1.54, 1.807) is 0 Å². The largest absolute Gasteiger partial charge is 0.466 e. The van der Waals surface area contributed by atoms with Gasteiger partial charge in [0.15, 0.2) is 0 Å². The summed E-state index contributed by atoms with van der Waals surface area (Å²) in [7, 11) is -5.00. The summed E-state index contributed by atoms with van der Waals surface area (Å²) in [6.45, 7) is 1.92. The number of benzene rings is 1. The summed E-state index contributed by atoms with van der Waals surface area (Å²) in [5, 5.41) is 0. The van der Waals surface area contributed by atoms with Gasteiger partial charge in [0.25, 0.3) is 0 Å². The molecule has 1 rings (SSSR count). The van der Waals surface area contributed by atoms with Gasteiger partial charge >= 0.3 is 18.3 Å². The van der Waals surface area contributed by atoms with E-state index >= 15 is 0 Å². The van der Waals surface area contributed by atoms with Crippen LogP contribution in [0.4, 0.5) is 26.3 Å². The molecule has 0 spiro atoms. The molecular formula is C14H15F6NO4S. The second-order valence-electron chi connectivity index (χ2n) is 5.21. The average Bonchev–Trinajstić information content (AvgIpc) is 2.50. The molecule has 0 aromatic heterocycles. The molecule has 0 aliphatic rings. The summed E-state index contributed by atoms with van der Waals surface area (Å²) >= 11 is 0. The maximum Gasteiger partial charge on any atom is 0.416 e. The van der Waals surface area contributed by atoms with Gasteiger partial charge in [-0.3, -0.25) is 4.79 Å². The first-order valence-electron chi connectivity index (χ1n) is 7.13. The molecule has 0 heterocycles. The van der Waals surface area contributed by atoms with E-state index in [0.717, 1.165) is 13.0 Å². The predicted octanol–water partition coefficient (Wildman–Crippen LogP) is 3.11. The Bertz CT molecular complexity index is 745. The molecule has 0 aliphatic carbocycles. The summed E-state index contributed by atoms with van der Waals surface area (Å²) in [4.78, 5) is 10.5. The van der Waals surface area contributed by atoms with Gasteiger partial charge in [0, 0.05) is 0 Å². The van der Waals surface area contributed by atoms with Gasteiger partial charge in [0.2, 0.25) is 10.0 Å². The van der Waals surface area contributed by atoms with E-state index in [1.807, 2.05) is 0 Å². The summed E-state index contributed by atoms with van der Waals surface area (Å²) < 4.78 is 107. The van der Waals surface area contributed by atoms with Crippen LogP contribution in [0.1, 0.15) is 19.4 Å². The zero-order valence-corrected chi connectivity index (χ0v) is 14.3. The average molecular weight is 407 g/mol. The van der Waals surface area contributed by atoms with Crippen LogP contribution in [0, 0.1) is 5.92 Å². The number of halogens is 6. The van der Waals surface area contributed by atoms with Crippen LogP contribution in [0.25, 0.3) is 0 Å². The molecule has 26 heavy (non-hydrogen) atoms. The maximum absolute atomic E-state index is 13.2. The molecule has 0 bridgehead atoms. The minimum Gasteiger partial charge on any atom is -0.466 e. The first-order valence-corrected chi connectivity index (χ1v) is 8.61. The van der Waals surface area contributed by atoms with Crippen LogP contribution < -0.4 is 4.72 Å². The van der Waals surface area contributed by atoms with Gasteiger partial charge in [-0.15, -0.1) is 0 Å². The highest BCUT2D eigenvalue weighted by atomic mass is 32.2. The molecule has 0 aliphatic heterocycles. The Labute approximate surface area is 145 Å². The van der Waals surface area contributed by atoms with Gasteiger partial charge in [-0.05, 0) is 25.1 Å². The Kier molecular flexibility index (Phi) is 6.69. The topological polar surface area (TPSA) is 72.5 Å². The first-order chi connectivity index (χ1) is 11.7. The second-order valence-corrected chi connectivity index (χ2v) is 6.92. The molecular weight excluding hydrogens is 392 g/mol. The van der Waals surface area contributed by atoms with E-state index in [0.29, 0.717) is 12.1 Å². The molecule has 2 atom stereocenters. The van der Waals surface area contributed by atoms with Crippen LogP contribution in [0.15, 0.2) is 29.2 Å². The minimum absolute atomic E-state index is 0.199. The van der Waals surface area contributed by atoms with Gasteiger partial charge in [-0.1, -0.05) is 13.0 Å². The van der Waals surface area contributed by atoms with Gasteiger partial charge in [-0.25, -0.2) is 8.42 Å². The molecule has 1 aromatic rings. The van der Waals surface area contributed by atoms with Crippen LogP contribution in [0.5, 0.6) is 0 Å². The van der Waals surface area contributed by atoms with Crippen molar-refractivity contribution in [1.82, 2.24) is 4.72 Å². The monoisotopic (exact) mass is 407 g/mol. The first kappa shape index (κ1) is 22.2. The van der Waals surface area contributed by atoms with Crippen LogP contribution in [-0.2, 0) is 25.7 Å². The predicted molar refractivity (Wildman–Crippen MR) is 77.4 cm³/mol. The minimum atomic E-state index is -5.18. The van der Waals surface area contributed by atoms with Crippen molar-refractivity contribution in [2.75, 3.05) is 6.61 Å². The van der Waals surface area contributed by atoms with E-state index in [2.05, 4.69) is 4.74 Å². The lowest BCUT2D eigenvalue weighted by molar-refractivity contribution is -0.177. The van der Waals surface area contributed by atoms with Crippen molar-refractivity contribution in [3.05, 3.63) is 29.8 Å². The zero-order chi connectivity index (χ0) is 20.3. The van der Waals surface area contributed by atoms with Gasteiger partial charge < -0.3 is 4.74 Å². The lowest BCUT2D eigenvalue weighted by Gasteiger charge is -2.26. The summed E-state index contributed by atoms with van der Waals surface area (Å²) in [5.41, 5.74) is -1.35. The zero-order valence-electron chi connectivity index (χ0n) is 13.5. The fraction of sp³-hybridized carbons (Fsp3) is 0.500. The van der Waals surface area contributed by atoms with Crippen molar-refractivity contribution in [2.45, 2.75) is 37.1 Å². The number of carbonyl (C=O) groups excluding carboxylic acids is 1. The third-order valence-corrected chi connectivity index (χ3v) is 4.70. The standard InChI is InChI=1S/C14H15F6NO4S/c1-3-25-12(22)8(2)11(14(18,19)20)21-26(23,24)10-6-4-5-9(7-10)13(15,16)17/h4-8,11,21H,3H2,1-2H3/t8-,11-/m1/s1. The second kappa shape index (κ2) is 7.82. The molecule has 0 saturated heterocycles. The molecule has 0 saturated carbocycles. The fourth-order valence-electron chi connectivity index (χ4n) is 1.94. The third-order valence-electron chi connectivity index (χ3n) is 3.26. The fourth-order valence-corrected chi connectivity index (χ4v) is 3.28. The molecule has 0 amide bonds. The lowest BCUT2D eigenvalue weighted by atomic mass is 10.0. The Hall–Kier alpha value is -1.82. The number of esters is 1. The number of sulfonamides is 1. The van der Waals surface area contributed by atoms with Crippen LogP contribution in [0.2, 0.25) is 0 Å². The molecule has 0 unspecified atom stereocenters. The highest BCUT2D eigenvalue weighted by Crippen LogP contribution is 2.32. The number of ether oxygens (including phenoxy) is 1. The van der Waals surface area contributed by atoms with E-state index in [-0.39, 0.29) is 12.7 Å². The highest BCUT2D eigenvalue weighted by Gasteiger charge is 2.48. The number of alkyl halides is 6. The van der Waals surface area contributed by atoms with Crippen molar-refractivity contribution in [3.8, 4) is 0 Å². The quantitative estimate of drug-likeness (QED) is 0.581. The molecule has 1 aromatic carbocycles. The normalized spacial score (nSPS) is 15.4. The Balaban J connectivity index is 3.24. The van der Waals surface area contributed by atoms with E-state index < -0.39 is 50.8 Å². The molecule has 0 fully saturated rings. The summed E-state index contributed by atoms with van der Waals surface area (Å²) in [6, 6.07) is -0.651. The molecule has 1 N–H and O–H groups in total. The van der Waals surface area contributed by atoms with Crippen molar-refractivity contribution < 1.29 is 44.3 Å². The molecule has 12 heteroatoms. The van der Waals surface area contributed by atoms with Crippen LogP contribution in [-0.4, -0.2) is 33.2 Å². The summed E-state index contributed by atoms with van der Waals surface area (Å²) in [5.74, 6) is -3.25. The highest BCUT2D eigenvalue weighted by molar-refractivity contribution is 7.89. The Morgan fingerprint density at radius 1 is 1.19 bits per heavy atom. The van der Waals surface area contributed by atoms with Crippen molar-refractivity contribution >= 4 is 16.0 Å². The van der Waals surface area contributed by atoms with Crippen LogP contribution >= 0.6 is 0 Å². The lowest BCUT2D eigenvalue weighted by Crippen LogP contribution is -2.51. The Morgan fingerprint density at radius 3 is 2.23 bits per heavy atom. The number of rotatable bonds is 6. The van der Waals surface area contributed by atoms with Gasteiger partial charge in [0.1, 0.15) is 6.04 Å². The van der Waals surface area contributed by atoms with Gasteiger partial charge in [0.05, 0.1) is 23.0 Å². The van der Waals surface area contributed by atoms with Crippen LogP contribution in [0.3, 0.4) is 0 Å². The van der Waals surface area contributed by atoms with E-state index in [1.165, 1.54) is 11.6 Å². The third kappa shape index (κ3) is 5.59. The smallest absolute Gasteiger partial charge is 0.416 e. The van der Waals surface area contributed by atoms with E-state index in [4.69, 9.17) is 0 Å². The number of hydrogen-bond acceptors (Lipinski definition) is 4. The SMILES string of the molecule is CCOC(=O)[C@H](C)[C@@H](NS(=O)(=O)c1cccc(C(F)(F)F)c1)C(F)(F)F. The molecule has 0 radical (unpaired) electrons. The molecule has 5 nitrogen and oxygen atoms in total. The summed E-state index contributed by atoms with van der Waals surface area (Å²) in [6.07, 6.45) is -10.1. The number of nitrogens with one attached hydrogen (secondary N) is 1. The van der Waals surface area contributed by atoms with Crippen molar-refractivity contribution in [3.63, 3.8) is 0 Å². The van der Waals surface area contributed by atoms with Crippen molar-refractivity contribution in [1.29, 1.82) is 0 Å². The van der Waals surface area contributed by atoms with Gasteiger partial charge in [-0.2, -0.15) is 31.1 Å². The Morgan fingerprint density at radius 2 is 1.77 bits per heavy atom. The molecule has 148 valence electrons. The number of hydrogen-bond donors (Lipinski definition) is 1. The van der Waals surface area contributed by atoms with Crippen molar-refractivity contribution in [2.24, 2.45) is 5.92 Å². The van der Waals surface area contributed by atoms with E-state index in [9.17, 15) is 39.6 Å². The maximum atomic E-state index is 13.2. The number of carbonyl (C=O) groups is 1.